The third kappa shape index (κ3) is 4.23. The molecular formula is C19H28. The predicted molar refractivity (Wildman–Crippen MR) is 85.2 cm³/mol. The SMILES string of the molecule is CCCC1CCC(/C=C(\C)c2ccc(C)cc2)CC1. The standard InChI is InChI=1S/C19H28/c1-4-5-17-8-10-18(11-9-17)14-16(3)19-12-6-15(2)7-13-19/h6-7,12-14,17-18H,4-5,8-11H2,1-3H3/b16-14+. The lowest BCUT2D eigenvalue weighted by Gasteiger charge is -2.27. The van der Waals surface area contributed by atoms with E-state index in [0.717, 1.165) is 11.8 Å². The highest BCUT2D eigenvalue weighted by Gasteiger charge is 2.19. The van der Waals surface area contributed by atoms with Crippen molar-refractivity contribution >= 4 is 5.57 Å². The van der Waals surface area contributed by atoms with Gasteiger partial charge in [-0.05, 0) is 62.5 Å². The normalized spacial score (nSPS) is 24.5. The molecule has 0 bridgehead atoms. The van der Waals surface area contributed by atoms with E-state index >= 15 is 0 Å². The molecule has 0 heterocycles. The largest absolute Gasteiger partial charge is 0.0779 e. The highest BCUT2D eigenvalue weighted by atomic mass is 14.2. The first-order valence-corrected chi connectivity index (χ1v) is 7.94. The van der Waals surface area contributed by atoms with Crippen LogP contribution < -0.4 is 0 Å². The maximum atomic E-state index is 2.52. The number of hydrogen-bond donors (Lipinski definition) is 0. The van der Waals surface area contributed by atoms with Crippen molar-refractivity contribution in [2.45, 2.75) is 59.3 Å². The quantitative estimate of drug-likeness (QED) is 0.619. The average molecular weight is 256 g/mol. The fourth-order valence-corrected chi connectivity index (χ4v) is 3.32. The molecule has 0 aromatic heterocycles. The van der Waals surface area contributed by atoms with Crippen LogP contribution in [-0.4, -0.2) is 0 Å². The molecule has 0 saturated heterocycles. The minimum absolute atomic E-state index is 0.814. The molecular weight excluding hydrogens is 228 g/mol. The van der Waals surface area contributed by atoms with Crippen molar-refractivity contribution in [3.05, 3.63) is 41.5 Å². The summed E-state index contributed by atoms with van der Waals surface area (Å²) in [5.74, 6) is 1.82. The van der Waals surface area contributed by atoms with Crippen LogP contribution in [0, 0.1) is 18.8 Å². The molecule has 1 aliphatic carbocycles. The molecule has 1 saturated carbocycles. The van der Waals surface area contributed by atoms with Gasteiger partial charge in [0.05, 0.1) is 0 Å². The highest BCUT2D eigenvalue weighted by molar-refractivity contribution is 5.64. The smallest absolute Gasteiger partial charge is 0.0227 e. The Balaban J connectivity index is 1.93. The second-order valence-electron chi connectivity index (χ2n) is 6.29. The summed E-state index contributed by atoms with van der Waals surface area (Å²) in [4.78, 5) is 0. The summed E-state index contributed by atoms with van der Waals surface area (Å²) >= 11 is 0. The third-order valence-electron chi connectivity index (χ3n) is 4.58. The molecule has 1 fully saturated rings. The Morgan fingerprint density at radius 1 is 1.11 bits per heavy atom. The molecule has 0 N–H and O–H groups in total. The molecule has 0 aliphatic heterocycles. The van der Waals surface area contributed by atoms with E-state index in [0.29, 0.717) is 0 Å². The van der Waals surface area contributed by atoms with Crippen molar-refractivity contribution in [2.75, 3.05) is 0 Å². The van der Waals surface area contributed by atoms with E-state index in [-0.39, 0.29) is 0 Å². The first-order valence-electron chi connectivity index (χ1n) is 7.94. The summed E-state index contributed by atoms with van der Waals surface area (Å²) in [6.45, 7) is 6.73. The Morgan fingerprint density at radius 3 is 2.32 bits per heavy atom. The van der Waals surface area contributed by atoms with Crippen molar-refractivity contribution in [3.8, 4) is 0 Å². The summed E-state index contributed by atoms with van der Waals surface area (Å²) in [6, 6.07) is 8.93. The van der Waals surface area contributed by atoms with Crippen LogP contribution in [0.1, 0.15) is 63.5 Å². The van der Waals surface area contributed by atoms with E-state index in [1.807, 2.05) is 0 Å². The van der Waals surface area contributed by atoms with Crippen molar-refractivity contribution in [1.29, 1.82) is 0 Å². The first kappa shape index (κ1) is 14.4. The Bertz CT molecular complexity index is 402. The first-order chi connectivity index (χ1) is 9.19. The van der Waals surface area contributed by atoms with Gasteiger partial charge in [0, 0.05) is 0 Å². The van der Waals surface area contributed by atoms with Gasteiger partial charge in [0.25, 0.3) is 0 Å². The molecule has 1 aromatic rings. The van der Waals surface area contributed by atoms with Gasteiger partial charge in [-0.3, -0.25) is 0 Å². The van der Waals surface area contributed by atoms with Gasteiger partial charge in [-0.15, -0.1) is 0 Å². The topological polar surface area (TPSA) is 0 Å². The Labute approximate surface area is 118 Å². The Hall–Kier alpha value is -1.04. The molecule has 0 radical (unpaired) electrons. The highest BCUT2D eigenvalue weighted by Crippen LogP contribution is 2.33. The van der Waals surface area contributed by atoms with Gasteiger partial charge in [0.2, 0.25) is 0 Å². The van der Waals surface area contributed by atoms with Crippen molar-refractivity contribution in [2.24, 2.45) is 11.8 Å². The summed E-state index contributed by atoms with van der Waals surface area (Å²) in [7, 11) is 0. The fourth-order valence-electron chi connectivity index (χ4n) is 3.32. The van der Waals surface area contributed by atoms with Crippen molar-refractivity contribution in [1.82, 2.24) is 0 Å². The number of aryl methyl sites for hydroxylation is 1. The molecule has 104 valence electrons. The predicted octanol–water partition coefficient (Wildman–Crippen LogP) is 6.00. The third-order valence-corrected chi connectivity index (χ3v) is 4.58. The number of rotatable bonds is 4. The summed E-state index contributed by atoms with van der Waals surface area (Å²) < 4.78 is 0. The van der Waals surface area contributed by atoms with E-state index < -0.39 is 0 Å². The van der Waals surface area contributed by atoms with Gasteiger partial charge in [0.1, 0.15) is 0 Å². The van der Waals surface area contributed by atoms with Crippen LogP contribution in [0.2, 0.25) is 0 Å². The molecule has 0 nitrogen and oxygen atoms in total. The average Bonchev–Trinajstić information content (AvgIpc) is 2.42. The molecule has 0 spiro atoms. The van der Waals surface area contributed by atoms with Crippen LogP contribution in [-0.2, 0) is 0 Å². The molecule has 1 aliphatic rings. The van der Waals surface area contributed by atoms with Gasteiger partial charge in [-0.1, -0.05) is 55.7 Å². The summed E-state index contributed by atoms with van der Waals surface area (Å²) in [6.07, 6.45) is 11.0. The lowest BCUT2D eigenvalue weighted by molar-refractivity contribution is 0.294. The van der Waals surface area contributed by atoms with Gasteiger partial charge in [-0.2, -0.15) is 0 Å². The Morgan fingerprint density at radius 2 is 1.74 bits per heavy atom. The zero-order chi connectivity index (χ0) is 13.7. The van der Waals surface area contributed by atoms with Gasteiger partial charge in [0.15, 0.2) is 0 Å². The van der Waals surface area contributed by atoms with E-state index in [1.54, 1.807) is 0 Å². The van der Waals surface area contributed by atoms with Crippen LogP contribution in [0.5, 0.6) is 0 Å². The van der Waals surface area contributed by atoms with Crippen LogP contribution in [0.3, 0.4) is 0 Å². The second kappa shape index (κ2) is 6.93. The minimum atomic E-state index is 0.814. The van der Waals surface area contributed by atoms with Gasteiger partial charge in [-0.25, -0.2) is 0 Å². The van der Waals surface area contributed by atoms with Crippen molar-refractivity contribution in [3.63, 3.8) is 0 Å². The lowest BCUT2D eigenvalue weighted by Crippen LogP contribution is -2.13. The number of allylic oxidation sites excluding steroid dienone is 2. The molecule has 0 atom stereocenters. The fraction of sp³-hybridized carbons (Fsp3) is 0.579. The van der Waals surface area contributed by atoms with E-state index in [4.69, 9.17) is 0 Å². The molecule has 1 aromatic carbocycles. The minimum Gasteiger partial charge on any atom is -0.0779 e. The molecule has 0 amide bonds. The monoisotopic (exact) mass is 256 g/mol. The van der Waals surface area contributed by atoms with Gasteiger partial charge >= 0.3 is 0 Å². The molecule has 0 heteroatoms. The van der Waals surface area contributed by atoms with Crippen LogP contribution >= 0.6 is 0 Å². The maximum Gasteiger partial charge on any atom is -0.0227 e. The van der Waals surface area contributed by atoms with E-state index in [1.165, 1.54) is 55.2 Å². The van der Waals surface area contributed by atoms with Crippen LogP contribution in [0.25, 0.3) is 5.57 Å². The summed E-state index contributed by atoms with van der Waals surface area (Å²) in [5.41, 5.74) is 4.19. The molecule has 0 unspecified atom stereocenters. The second-order valence-corrected chi connectivity index (χ2v) is 6.29. The van der Waals surface area contributed by atoms with Crippen molar-refractivity contribution < 1.29 is 0 Å². The molecule has 2 rings (SSSR count). The van der Waals surface area contributed by atoms with Gasteiger partial charge < -0.3 is 0 Å². The Kier molecular flexibility index (Phi) is 5.24. The van der Waals surface area contributed by atoms with E-state index in [2.05, 4.69) is 51.1 Å². The lowest BCUT2D eigenvalue weighted by atomic mass is 9.79. The zero-order valence-electron chi connectivity index (χ0n) is 12.8. The number of hydrogen-bond acceptors (Lipinski definition) is 0. The maximum absolute atomic E-state index is 2.52. The van der Waals surface area contributed by atoms with Crippen LogP contribution in [0.4, 0.5) is 0 Å². The van der Waals surface area contributed by atoms with Crippen LogP contribution in [0.15, 0.2) is 30.3 Å². The summed E-state index contributed by atoms with van der Waals surface area (Å²) in [5, 5.41) is 0. The van der Waals surface area contributed by atoms with E-state index in [9.17, 15) is 0 Å². The number of benzene rings is 1. The zero-order valence-corrected chi connectivity index (χ0v) is 12.8. The molecule has 19 heavy (non-hydrogen) atoms.